The third kappa shape index (κ3) is 3.74. The molecular weight excluding hydrogens is 326 g/mol. The summed E-state index contributed by atoms with van der Waals surface area (Å²) < 4.78 is 3.87. The van der Waals surface area contributed by atoms with Crippen molar-refractivity contribution in [2.24, 2.45) is 7.05 Å². The summed E-state index contributed by atoms with van der Waals surface area (Å²) in [6, 6.07) is 9.71. The Labute approximate surface area is 143 Å². The minimum Gasteiger partial charge on any atom is -0.354 e. The fraction of sp³-hybridized carbons (Fsp3) is 0.267. The quantitative estimate of drug-likeness (QED) is 0.654. The van der Waals surface area contributed by atoms with Crippen molar-refractivity contribution >= 4 is 18.1 Å². The van der Waals surface area contributed by atoms with E-state index in [1.165, 1.54) is 4.68 Å². The highest BCUT2D eigenvalue weighted by atomic mass is 32.1. The number of carbonyl (C=O) groups excluding carboxylic acids is 1. The van der Waals surface area contributed by atoms with Crippen LogP contribution in [0, 0.1) is 4.77 Å². The molecule has 3 rings (SSSR count). The second-order valence-electron chi connectivity index (χ2n) is 5.27. The molecule has 2 N–H and O–H groups in total. The van der Waals surface area contributed by atoms with Crippen molar-refractivity contribution in [1.82, 2.24) is 35.1 Å². The lowest BCUT2D eigenvalue weighted by molar-refractivity contribution is -0.121. The third-order valence-corrected chi connectivity index (χ3v) is 3.92. The summed E-state index contributed by atoms with van der Waals surface area (Å²) in [5, 5.41) is 17.7. The van der Waals surface area contributed by atoms with Gasteiger partial charge in [0.25, 0.3) is 0 Å². The molecule has 124 valence electrons. The first-order valence-corrected chi connectivity index (χ1v) is 7.87. The van der Waals surface area contributed by atoms with Gasteiger partial charge >= 0.3 is 0 Å². The largest absolute Gasteiger partial charge is 0.354 e. The van der Waals surface area contributed by atoms with Gasteiger partial charge < -0.3 is 9.88 Å². The van der Waals surface area contributed by atoms with E-state index in [0.717, 1.165) is 17.1 Å². The van der Waals surface area contributed by atoms with Crippen molar-refractivity contribution < 1.29 is 4.79 Å². The summed E-state index contributed by atoms with van der Waals surface area (Å²) in [6.45, 7) is 0.603. The second-order valence-corrected chi connectivity index (χ2v) is 5.66. The van der Waals surface area contributed by atoms with Crippen molar-refractivity contribution in [3.05, 3.63) is 47.1 Å². The van der Waals surface area contributed by atoms with Gasteiger partial charge in [-0.05, 0) is 12.2 Å². The molecule has 2 aromatic heterocycles. The summed E-state index contributed by atoms with van der Waals surface area (Å²) >= 11 is 5.04. The minimum atomic E-state index is -0.128. The highest BCUT2D eigenvalue weighted by Gasteiger charge is 2.08. The minimum absolute atomic E-state index is 0.124. The lowest BCUT2D eigenvalue weighted by Crippen LogP contribution is -2.30. The van der Waals surface area contributed by atoms with E-state index >= 15 is 0 Å². The molecular formula is C15H17N7OS. The highest BCUT2D eigenvalue weighted by Crippen LogP contribution is 2.14. The molecule has 0 fully saturated rings. The van der Waals surface area contributed by atoms with E-state index in [9.17, 15) is 4.79 Å². The first-order chi connectivity index (χ1) is 11.6. The van der Waals surface area contributed by atoms with Gasteiger partial charge in [-0.2, -0.15) is 5.10 Å². The number of amides is 1. The Morgan fingerprint density at radius 3 is 2.83 bits per heavy atom. The molecule has 0 radical (unpaired) electrons. The smallest absolute Gasteiger partial charge is 0.241 e. The number of benzene rings is 1. The Kier molecular flexibility index (Phi) is 4.80. The van der Waals surface area contributed by atoms with Gasteiger partial charge in [0.15, 0.2) is 4.77 Å². The van der Waals surface area contributed by atoms with Gasteiger partial charge in [-0.1, -0.05) is 35.5 Å². The predicted octanol–water partition coefficient (Wildman–Crippen LogP) is 1.10. The van der Waals surface area contributed by atoms with E-state index in [0.29, 0.717) is 17.7 Å². The standard InChI is InChI=1S/C15H17N7OS/c1-21-13(18-19-15(21)24)7-8-16-14(23)10-22-9-12(17-20-22)11-5-3-2-4-6-11/h2-6,9H,7-8,10H2,1H3,(H,16,23)(H,19,24). The third-order valence-electron chi connectivity index (χ3n) is 3.56. The molecule has 1 aromatic carbocycles. The number of nitrogens with zero attached hydrogens (tertiary/aromatic N) is 5. The van der Waals surface area contributed by atoms with Gasteiger partial charge in [-0.15, -0.1) is 5.10 Å². The van der Waals surface area contributed by atoms with Crippen LogP contribution in [0.5, 0.6) is 0 Å². The first-order valence-electron chi connectivity index (χ1n) is 7.46. The van der Waals surface area contributed by atoms with E-state index in [1.54, 1.807) is 10.8 Å². The molecule has 3 aromatic rings. The Morgan fingerprint density at radius 1 is 1.33 bits per heavy atom. The topological polar surface area (TPSA) is 93.4 Å². The number of hydrogen-bond donors (Lipinski definition) is 2. The zero-order chi connectivity index (χ0) is 16.9. The SMILES string of the molecule is Cn1c(CCNC(=O)Cn2cc(-c3ccccc3)nn2)n[nH]c1=S. The molecule has 1 amide bonds. The van der Waals surface area contributed by atoms with Crippen LogP contribution in [-0.4, -0.2) is 42.2 Å². The van der Waals surface area contributed by atoms with Gasteiger partial charge in [0, 0.05) is 25.6 Å². The molecule has 0 atom stereocenters. The monoisotopic (exact) mass is 343 g/mol. The molecule has 0 saturated heterocycles. The van der Waals surface area contributed by atoms with Crippen molar-refractivity contribution in [3.8, 4) is 11.3 Å². The van der Waals surface area contributed by atoms with Crippen molar-refractivity contribution in [2.45, 2.75) is 13.0 Å². The molecule has 0 aliphatic rings. The van der Waals surface area contributed by atoms with Crippen molar-refractivity contribution in [3.63, 3.8) is 0 Å². The van der Waals surface area contributed by atoms with Crippen molar-refractivity contribution in [1.29, 1.82) is 0 Å². The van der Waals surface area contributed by atoms with Crippen LogP contribution in [0.3, 0.4) is 0 Å². The van der Waals surface area contributed by atoms with Crippen LogP contribution in [-0.2, 0) is 24.8 Å². The average Bonchev–Trinajstić information content (AvgIpc) is 3.17. The predicted molar refractivity (Wildman–Crippen MR) is 90.6 cm³/mol. The van der Waals surface area contributed by atoms with Crippen molar-refractivity contribution in [2.75, 3.05) is 6.54 Å². The zero-order valence-electron chi connectivity index (χ0n) is 13.1. The Bertz CT molecular complexity index is 881. The average molecular weight is 343 g/mol. The Hall–Kier alpha value is -2.81. The fourth-order valence-corrected chi connectivity index (χ4v) is 2.39. The molecule has 8 nitrogen and oxygen atoms in total. The normalized spacial score (nSPS) is 10.7. The number of carbonyl (C=O) groups is 1. The maximum Gasteiger partial charge on any atom is 0.241 e. The maximum absolute atomic E-state index is 12.0. The van der Waals surface area contributed by atoms with Crippen LogP contribution >= 0.6 is 12.2 Å². The van der Waals surface area contributed by atoms with E-state index in [-0.39, 0.29) is 12.5 Å². The Morgan fingerprint density at radius 2 is 2.12 bits per heavy atom. The molecule has 24 heavy (non-hydrogen) atoms. The summed E-state index contributed by atoms with van der Waals surface area (Å²) in [4.78, 5) is 12.0. The maximum atomic E-state index is 12.0. The molecule has 9 heteroatoms. The number of aromatic nitrogens is 6. The lowest BCUT2D eigenvalue weighted by Gasteiger charge is -2.04. The molecule has 0 unspecified atom stereocenters. The molecule has 0 saturated carbocycles. The van der Waals surface area contributed by atoms with E-state index < -0.39 is 0 Å². The highest BCUT2D eigenvalue weighted by molar-refractivity contribution is 7.71. The van der Waals surface area contributed by atoms with Crippen LogP contribution in [0.25, 0.3) is 11.3 Å². The number of rotatable bonds is 6. The van der Waals surface area contributed by atoms with Crippen LogP contribution in [0.4, 0.5) is 0 Å². The van der Waals surface area contributed by atoms with Crippen LogP contribution < -0.4 is 5.32 Å². The van der Waals surface area contributed by atoms with Crippen LogP contribution in [0.2, 0.25) is 0 Å². The summed E-state index contributed by atoms with van der Waals surface area (Å²) in [7, 11) is 1.84. The van der Waals surface area contributed by atoms with Crippen LogP contribution in [0.15, 0.2) is 36.5 Å². The summed E-state index contributed by atoms with van der Waals surface area (Å²) in [5.41, 5.74) is 1.71. The Balaban J connectivity index is 1.51. The first kappa shape index (κ1) is 16.1. The van der Waals surface area contributed by atoms with E-state index in [1.807, 2.05) is 37.4 Å². The number of hydrogen-bond acceptors (Lipinski definition) is 5. The fourth-order valence-electron chi connectivity index (χ4n) is 2.24. The zero-order valence-corrected chi connectivity index (χ0v) is 14.0. The van der Waals surface area contributed by atoms with Gasteiger partial charge in [0.1, 0.15) is 18.1 Å². The number of H-pyrrole nitrogens is 1. The summed E-state index contributed by atoms with van der Waals surface area (Å²) in [6.07, 6.45) is 2.36. The molecule has 0 bridgehead atoms. The van der Waals surface area contributed by atoms with Gasteiger partial charge in [0.2, 0.25) is 5.91 Å². The van der Waals surface area contributed by atoms with Crippen LogP contribution in [0.1, 0.15) is 5.82 Å². The molecule has 0 spiro atoms. The lowest BCUT2D eigenvalue weighted by atomic mass is 10.2. The molecule has 0 aliphatic heterocycles. The number of nitrogens with one attached hydrogen (secondary N) is 2. The van der Waals surface area contributed by atoms with E-state index in [2.05, 4.69) is 25.8 Å². The number of aromatic amines is 1. The summed E-state index contributed by atoms with van der Waals surface area (Å²) in [5.74, 6) is 0.670. The van der Waals surface area contributed by atoms with Gasteiger partial charge in [-0.3, -0.25) is 9.89 Å². The second kappa shape index (κ2) is 7.18. The van der Waals surface area contributed by atoms with Gasteiger partial charge in [-0.25, -0.2) is 4.68 Å². The molecule has 2 heterocycles. The van der Waals surface area contributed by atoms with Gasteiger partial charge in [0.05, 0.1) is 6.20 Å². The molecule has 0 aliphatic carbocycles. The van der Waals surface area contributed by atoms with E-state index in [4.69, 9.17) is 12.2 Å².